The summed E-state index contributed by atoms with van der Waals surface area (Å²) in [5.41, 5.74) is 0.565. The molecule has 5 nitrogen and oxygen atoms in total. The molecule has 1 aromatic rings. The molecule has 2 saturated heterocycles. The van der Waals surface area contributed by atoms with Crippen LogP contribution in [0.3, 0.4) is 0 Å². The number of halogens is 1. The predicted molar refractivity (Wildman–Crippen MR) is 87.5 cm³/mol. The molecule has 114 valence electrons. The van der Waals surface area contributed by atoms with E-state index >= 15 is 0 Å². The largest absolute Gasteiger partial charge is 0.507 e. The smallest absolute Gasteiger partial charge is 0.254 e. The van der Waals surface area contributed by atoms with Gasteiger partial charge in [-0.05, 0) is 47.2 Å². The molecule has 0 aromatic heterocycles. The third-order valence-corrected chi connectivity index (χ3v) is 5.12. The monoisotopic (exact) mass is 402 g/mol. The summed E-state index contributed by atoms with van der Waals surface area (Å²) in [7, 11) is 0. The first-order valence-electron chi connectivity index (χ1n) is 7.25. The van der Waals surface area contributed by atoms with Gasteiger partial charge in [0, 0.05) is 37.8 Å². The third kappa shape index (κ3) is 3.32. The van der Waals surface area contributed by atoms with Crippen molar-refractivity contribution in [1.82, 2.24) is 9.80 Å². The molecule has 1 amide bonds. The van der Waals surface area contributed by atoms with Crippen molar-refractivity contribution >= 4 is 28.5 Å². The summed E-state index contributed by atoms with van der Waals surface area (Å²) >= 11 is 2.05. The van der Waals surface area contributed by atoms with E-state index in [1.165, 1.54) is 0 Å². The summed E-state index contributed by atoms with van der Waals surface area (Å²) in [6.07, 6.45) is 1.02. The minimum atomic E-state index is 0.0115. The SMILES string of the molecule is O=C(c1ccc(I)c(O)c1)N1CCC(N2CCOCC2)C1. The Morgan fingerprint density at radius 3 is 2.76 bits per heavy atom. The number of likely N-dealkylation sites (tertiary alicyclic amines) is 1. The van der Waals surface area contributed by atoms with Gasteiger partial charge in [-0.25, -0.2) is 0 Å². The molecule has 1 aromatic carbocycles. The van der Waals surface area contributed by atoms with Gasteiger partial charge in [0.2, 0.25) is 0 Å². The Kier molecular flexibility index (Phi) is 4.66. The number of amides is 1. The number of carbonyl (C=O) groups excluding carboxylic acids is 1. The molecule has 0 aliphatic carbocycles. The number of ether oxygens (including phenoxy) is 1. The van der Waals surface area contributed by atoms with Crippen molar-refractivity contribution in [1.29, 1.82) is 0 Å². The molecule has 0 saturated carbocycles. The van der Waals surface area contributed by atoms with E-state index < -0.39 is 0 Å². The first-order chi connectivity index (χ1) is 10.1. The highest BCUT2D eigenvalue weighted by molar-refractivity contribution is 14.1. The van der Waals surface area contributed by atoms with Crippen LogP contribution in [0.4, 0.5) is 0 Å². The van der Waals surface area contributed by atoms with Crippen LogP contribution < -0.4 is 0 Å². The molecule has 2 aliphatic heterocycles. The number of phenols is 1. The van der Waals surface area contributed by atoms with Crippen LogP contribution >= 0.6 is 22.6 Å². The van der Waals surface area contributed by atoms with E-state index in [0.717, 1.165) is 49.4 Å². The second-order valence-electron chi connectivity index (χ2n) is 5.51. The van der Waals surface area contributed by atoms with E-state index in [4.69, 9.17) is 4.74 Å². The van der Waals surface area contributed by atoms with Crippen LogP contribution in [0.2, 0.25) is 0 Å². The lowest BCUT2D eigenvalue weighted by Gasteiger charge is -2.32. The highest BCUT2D eigenvalue weighted by Crippen LogP contribution is 2.23. The van der Waals surface area contributed by atoms with Gasteiger partial charge < -0.3 is 14.7 Å². The lowest BCUT2D eigenvalue weighted by Crippen LogP contribution is -2.45. The van der Waals surface area contributed by atoms with E-state index in [9.17, 15) is 9.90 Å². The van der Waals surface area contributed by atoms with Gasteiger partial charge in [0.1, 0.15) is 5.75 Å². The van der Waals surface area contributed by atoms with Crippen LogP contribution in [0.5, 0.6) is 5.75 Å². The topological polar surface area (TPSA) is 53.0 Å². The van der Waals surface area contributed by atoms with Crippen molar-refractivity contribution < 1.29 is 14.6 Å². The molecular formula is C15H19IN2O3. The summed E-state index contributed by atoms with van der Waals surface area (Å²) in [4.78, 5) is 16.8. The quantitative estimate of drug-likeness (QED) is 0.763. The van der Waals surface area contributed by atoms with Crippen molar-refractivity contribution in [2.75, 3.05) is 39.4 Å². The molecule has 0 radical (unpaired) electrons. The fourth-order valence-electron chi connectivity index (χ4n) is 3.00. The van der Waals surface area contributed by atoms with E-state index in [2.05, 4.69) is 27.5 Å². The van der Waals surface area contributed by atoms with Crippen molar-refractivity contribution in [3.05, 3.63) is 27.3 Å². The molecule has 0 bridgehead atoms. The molecule has 1 unspecified atom stereocenters. The molecule has 6 heteroatoms. The minimum absolute atomic E-state index is 0.0115. The first-order valence-corrected chi connectivity index (χ1v) is 8.32. The Balaban J connectivity index is 1.64. The zero-order valence-electron chi connectivity index (χ0n) is 11.8. The van der Waals surface area contributed by atoms with Crippen molar-refractivity contribution in [2.24, 2.45) is 0 Å². The Labute approximate surface area is 138 Å². The van der Waals surface area contributed by atoms with Gasteiger partial charge >= 0.3 is 0 Å². The van der Waals surface area contributed by atoms with Crippen molar-refractivity contribution in [3.63, 3.8) is 0 Å². The fourth-order valence-corrected chi connectivity index (χ4v) is 3.33. The van der Waals surface area contributed by atoms with Gasteiger partial charge in [-0.15, -0.1) is 0 Å². The van der Waals surface area contributed by atoms with Gasteiger partial charge in [-0.3, -0.25) is 9.69 Å². The number of hydrogen-bond donors (Lipinski definition) is 1. The molecule has 3 rings (SSSR count). The van der Waals surface area contributed by atoms with E-state index in [-0.39, 0.29) is 11.7 Å². The predicted octanol–water partition coefficient (Wildman–Crippen LogP) is 1.54. The Morgan fingerprint density at radius 1 is 1.29 bits per heavy atom. The molecule has 21 heavy (non-hydrogen) atoms. The fraction of sp³-hybridized carbons (Fsp3) is 0.533. The van der Waals surface area contributed by atoms with Gasteiger partial charge in [-0.1, -0.05) is 0 Å². The van der Waals surface area contributed by atoms with Crippen LogP contribution in [0.25, 0.3) is 0 Å². The summed E-state index contributed by atoms with van der Waals surface area (Å²) in [5, 5.41) is 9.75. The highest BCUT2D eigenvalue weighted by Gasteiger charge is 2.31. The van der Waals surface area contributed by atoms with Crippen LogP contribution in [0.15, 0.2) is 18.2 Å². The molecular weight excluding hydrogens is 383 g/mol. The number of nitrogens with zero attached hydrogens (tertiary/aromatic N) is 2. The molecule has 2 aliphatic rings. The van der Waals surface area contributed by atoms with Gasteiger partial charge in [0.25, 0.3) is 5.91 Å². The lowest BCUT2D eigenvalue weighted by atomic mass is 10.2. The molecule has 2 heterocycles. The number of hydrogen-bond acceptors (Lipinski definition) is 4. The van der Waals surface area contributed by atoms with Crippen LogP contribution in [-0.2, 0) is 4.74 Å². The number of carbonyl (C=O) groups is 1. The molecule has 0 spiro atoms. The van der Waals surface area contributed by atoms with Gasteiger partial charge in [-0.2, -0.15) is 0 Å². The summed E-state index contributed by atoms with van der Waals surface area (Å²) in [6, 6.07) is 5.56. The van der Waals surface area contributed by atoms with E-state index in [1.807, 2.05) is 4.90 Å². The molecule has 1 N–H and O–H groups in total. The van der Waals surface area contributed by atoms with Gasteiger partial charge in [0.15, 0.2) is 0 Å². The van der Waals surface area contributed by atoms with Crippen LogP contribution in [0.1, 0.15) is 16.8 Å². The summed E-state index contributed by atoms with van der Waals surface area (Å²) < 4.78 is 6.14. The number of aromatic hydroxyl groups is 1. The number of phenolic OH excluding ortho intramolecular Hbond substituents is 1. The number of rotatable bonds is 2. The maximum absolute atomic E-state index is 12.5. The summed E-state index contributed by atoms with van der Waals surface area (Å²) in [6.45, 7) is 5.04. The zero-order valence-corrected chi connectivity index (χ0v) is 14.0. The standard InChI is InChI=1S/C15H19IN2O3/c16-13-2-1-11(9-14(13)19)15(20)18-4-3-12(10-18)17-5-7-21-8-6-17/h1-2,9,12,19H,3-8,10H2. The first kappa shape index (κ1) is 15.1. The Morgan fingerprint density at radius 2 is 2.05 bits per heavy atom. The third-order valence-electron chi connectivity index (χ3n) is 4.21. The van der Waals surface area contributed by atoms with E-state index in [0.29, 0.717) is 11.6 Å². The van der Waals surface area contributed by atoms with Crippen molar-refractivity contribution in [3.8, 4) is 5.75 Å². The van der Waals surface area contributed by atoms with Gasteiger partial charge in [0.05, 0.1) is 16.8 Å². The second-order valence-corrected chi connectivity index (χ2v) is 6.67. The minimum Gasteiger partial charge on any atom is -0.507 e. The lowest BCUT2D eigenvalue weighted by molar-refractivity contribution is 0.0185. The van der Waals surface area contributed by atoms with Crippen molar-refractivity contribution in [2.45, 2.75) is 12.5 Å². The highest BCUT2D eigenvalue weighted by atomic mass is 127. The van der Waals surface area contributed by atoms with Crippen LogP contribution in [0, 0.1) is 3.57 Å². The number of morpholine rings is 1. The molecule has 2 fully saturated rings. The second kappa shape index (κ2) is 6.50. The summed E-state index contributed by atoms with van der Waals surface area (Å²) in [5.74, 6) is 0.183. The number of benzene rings is 1. The van der Waals surface area contributed by atoms with Crippen LogP contribution in [-0.4, -0.2) is 66.2 Å². The Hall–Kier alpha value is -0.860. The maximum atomic E-state index is 12.5. The average Bonchev–Trinajstić information content (AvgIpc) is 3.00. The Bertz CT molecular complexity index is 532. The molecule has 1 atom stereocenters. The van der Waals surface area contributed by atoms with E-state index in [1.54, 1.807) is 18.2 Å². The average molecular weight is 402 g/mol. The maximum Gasteiger partial charge on any atom is 0.254 e. The normalized spacial score (nSPS) is 23.5. The zero-order chi connectivity index (χ0) is 14.8.